The predicted octanol–water partition coefficient (Wildman–Crippen LogP) is 4.38. The van der Waals surface area contributed by atoms with Crippen molar-refractivity contribution < 1.29 is 24.2 Å². The van der Waals surface area contributed by atoms with E-state index in [0.717, 1.165) is 12.8 Å². The van der Waals surface area contributed by atoms with E-state index in [1.54, 1.807) is 42.5 Å². The lowest BCUT2D eigenvalue weighted by atomic mass is 10.1. The third-order valence-electron chi connectivity index (χ3n) is 3.82. The maximum atomic E-state index is 12.3. The molecule has 0 spiro atoms. The van der Waals surface area contributed by atoms with Gasteiger partial charge in [-0.25, -0.2) is 4.79 Å². The van der Waals surface area contributed by atoms with Crippen LogP contribution in [0.25, 0.3) is 6.08 Å². The summed E-state index contributed by atoms with van der Waals surface area (Å²) < 4.78 is 11.0. The van der Waals surface area contributed by atoms with Crippen LogP contribution in [0.3, 0.4) is 0 Å². The van der Waals surface area contributed by atoms with Gasteiger partial charge < -0.3 is 19.9 Å². The SMILES string of the molecule is CCCCOc1c(Cl)cc(C=C(NC(=O)c2ccccc2)C(=O)O)cc1OC. The molecule has 0 fully saturated rings. The van der Waals surface area contributed by atoms with Crippen molar-refractivity contribution in [2.75, 3.05) is 13.7 Å². The monoisotopic (exact) mass is 403 g/mol. The zero-order chi connectivity index (χ0) is 20.5. The van der Waals surface area contributed by atoms with Gasteiger partial charge in [0.25, 0.3) is 5.91 Å². The van der Waals surface area contributed by atoms with Gasteiger partial charge in [0.05, 0.1) is 18.7 Å². The number of rotatable bonds is 9. The number of carboxylic acid groups (broad SMARTS) is 1. The molecule has 0 aliphatic carbocycles. The molecule has 1 amide bonds. The summed E-state index contributed by atoms with van der Waals surface area (Å²) in [7, 11) is 1.47. The highest BCUT2D eigenvalue weighted by atomic mass is 35.5. The second-order valence-electron chi connectivity index (χ2n) is 5.92. The molecular formula is C21H22ClNO5. The molecule has 7 heteroatoms. The van der Waals surface area contributed by atoms with Gasteiger partial charge in [-0.2, -0.15) is 0 Å². The van der Waals surface area contributed by atoms with Gasteiger partial charge in [-0.15, -0.1) is 0 Å². The van der Waals surface area contributed by atoms with E-state index >= 15 is 0 Å². The minimum Gasteiger partial charge on any atom is -0.493 e. The van der Waals surface area contributed by atoms with Crippen LogP contribution >= 0.6 is 11.6 Å². The molecule has 0 aliphatic rings. The zero-order valence-corrected chi connectivity index (χ0v) is 16.5. The number of aliphatic carboxylic acids is 1. The number of halogens is 1. The molecule has 0 saturated heterocycles. The molecule has 2 aromatic rings. The highest BCUT2D eigenvalue weighted by molar-refractivity contribution is 6.32. The molecule has 0 atom stereocenters. The van der Waals surface area contributed by atoms with Crippen LogP contribution in [-0.4, -0.2) is 30.7 Å². The highest BCUT2D eigenvalue weighted by Gasteiger charge is 2.16. The lowest BCUT2D eigenvalue weighted by Crippen LogP contribution is -2.27. The largest absolute Gasteiger partial charge is 0.493 e. The maximum absolute atomic E-state index is 12.3. The minimum absolute atomic E-state index is 0.286. The first kappa shape index (κ1) is 21.3. The Kier molecular flexibility index (Phi) is 7.89. The van der Waals surface area contributed by atoms with Gasteiger partial charge in [0.15, 0.2) is 11.5 Å². The number of carbonyl (C=O) groups is 2. The molecule has 2 aromatic carbocycles. The Hall–Kier alpha value is -2.99. The van der Waals surface area contributed by atoms with Crippen molar-refractivity contribution in [3.8, 4) is 11.5 Å². The third-order valence-corrected chi connectivity index (χ3v) is 4.10. The molecule has 0 aliphatic heterocycles. The second-order valence-corrected chi connectivity index (χ2v) is 6.33. The van der Waals surface area contributed by atoms with Gasteiger partial charge in [-0.05, 0) is 42.3 Å². The Morgan fingerprint density at radius 1 is 1.21 bits per heavy atom. The number of nitrogens with one attached hydrogen (secondary N) is 1. The van der Waals surface area contributed by atoms with E-state index in [9.17, 15) is 14.7 Å². The number of amides is 1. The van der Waals surface area contributed by atoms with Crippen molar-refractivity contribution in [2.24, 2.45) is 0 Å². The van der Waals surface area contributed by atoms with E-state index in [0.29, 0.717) is 34.3 Å². The highest BCUT2D eigenvalue weighted by Crippen LogP contribution is 2.37. The van der Waals surface area contributed by atoms with Crippen LogP contribution in [0.1, 0.15) is 35.7 Å². The van der Waals surface area contributed by atoms with Crippen molar-refractivity contribution in [3.05, 3.63) is 64.3 Å². The summed E-state index contributed by atoms with van der Waals surface area (Å²) in [5.74, 6) is -1.01. The van der Waals surface area contributed by atoms with Gasteiger partial charge in [0.2, 0.25) is 0 Å². The molecule has 0 saturated carbocycles. The number of unbranched alkanes of at least 4 members (excludes halogenated alkanes) is 1. The maximum Gasteiger partial charge on any atom is 0.352 e. The van der Waals surface area contributed by atoms with E-state index in [2.05, 4.69) is 5.32 Å². The van der Waals surface area contributed by atoms with Crippen LogP contribution in [-0.2, 0) is 4.79 Å². The number of hydrogen-bond donors (Lipinski definition) is 2. The van der Waals surface area contributed by atoms with Crippen LogP contribution in [0.5, 0.6) is 11.5 Å². The number of hydrogen-bond acceptors (Lipinski definition) is 4. The Labute approximate surface area is 168 Å². The molecule has 28 heavy (non-hydrogen) atoms. The molecule has 148 valence electrons. The summed E-state index contributed by atoms with van der Waals surface area (Å²) in [6, 6.07) is 11.5. The topological polar surface area (TPSA) is 84.9 Å². The lowest BCUT2D eigenvalue weighted by molar-refractivity contribution is -0.132. The van der Waals surface area contributed by atoms with Gasteiger partial charge in [0, 0.05) is 5.56 Å². The normalized spacial score (nSPS) is 11.0. The molecule has 0 heterocycles. The van der Waals surface area contributed by atoms with Gasteiger partial charge in [0.1, 0.15) is 5.70 Å². The Bertz CT molecular complexity index is 865. The Morgan fingerprint density at radius 2 is 1.93 bits per heavy atom. The average Bonchev–Trinajstić information content (AvgIpc) is 2.69. The number of benzene rings is 2. The fourth-order valence-corrected chi connectivity index (χ4v) is 2.66. The minimum atomic E-state index is -1.28. The van der Waals surface area contributed by atoms with Gasteiger partial charge in [-0.1, -0.05) is 43.1 Å². The van der Waals surface area contributed by atoms with Crippen molar-refractivity contribution in [1.29, 1.82) is 0 Å². The number of carboxylic acids is 1. The molecule has 2 N–H and O–H groups in total. The van der Waals surface area contributed by atoms with E-state index in [1.807, 2.05) is 6.92 Å². The van der Waals surface area contributed by atoms with E-state index in [1.165, 1.54) is 13.2 Å². The number of ether oxygens (including phenoxy) is 2. The first-order valence-corrected chi connectivity index (χ1v) is 9.15. The number of methoxy groups -OCH3 is 1. The van der Waals surface area contributed by atoms with E-state index in [-0.39, 0.29) is 5.70 Å². The molecule has 0 bridgehead atoms. The molecule has 2 rings (SSSR count). The summed E-state index contributed by atoms with van der Waals surface area (Å²) >= 11 is 6.29. The van der Waals surface area contributed by atoms with E-state index in [4.69, 9.17) is 21.1 Å². The van der Waals surface area contributed by atoms with Crippen LogP contribution in [0.4, 0.5) is 0 Å². The lowest BCUT2D eigenvalue weighted by Gasteiger charge is -2.13. The van der Waals surface area contributed by atoms with Gasteiger partial charge >= 0.3 is 5.97 Å². The van der Waals surface area contributed by atoms with Crippen molar-refractivity contribution in [2.45, 2.75) is 19.8 Å². The summed E-state index contributed by atoms with van der Waals surface area (Å²) in [5, 5.41) is 12.1. The van der Waals surface area contributed by atoms with Crippen molar-refractivity contribution >= 4 is 29.6 Å². The molecular weight excluding hydrogens is 382 g/mol. The summed E-state index contributed by atoms with van der Waals surface area (Å²) in [6.07, 6.45) is 3.16. The van der Waals surface area contributed by atoms with Crippen molar-refractivity contribution in [1.82, 2.24) is 5.32 Å². The van der Waals surface area contributed by atoms with E-state index < -0.39 is 11.9 Å². The summed E-state index contributed by atoms with van der Waals surface area (Å²) in [5.41, 5.74) is 0.520. The fraction of sp³-hybridized carbons (Fsp3) is 0.238. The third kappa shape index (κ3) is 5.76. The predicted molar refractivity (Wildman–Crippen MR) is 108 cm³/mol. The molecule has 0 radical (unpaired) electrons. The standard InChI is InChI=1S/C21H22ClNO5/c1-3-4-10-28-19-16(22)11-14(13-18(19)27-2)12-17(21(25)26)23-20(24)15-8-6-5-7-9-15/h5-9,11-13H,3-4,10H2,1-2H3,(H,23,24)(H,25,26). The summed E-state index contributed by atoms with van der Waals surface area (Å²) in [4.78, 5) is 23.8. The van der Waals surface area contributed by atoms with Crippen LogP contribution in [0.15, 0.2) is 48.2 Å². The molecule has 0 aromatic heterocycles. The zero-order valence-electron chi connectivity index (χ0n) is 15.7. The van der Waals surface area contributed by atoms with Crippen LogP contribution in [0.2, 0.25) is 5.02 Å². The molecule has 0 unspecified atom stereocenters. The quantitative estimate of drug-likeness (QED) is 0.479. The first-order chi connectivity index (χ1) is 13.5. The second kappa shape index (κ2) is 10.4. The summed E-state index contributed by atoms with van der Waals surface area (Å²) in [6.45, 7) is 2.54. The van der Waals surface area contributed by atoms with Crippen LogP contribution in [0, 0.1) is 0 Å². The smallest absolute Gasteiger partial charge is 0.352 e. The van der Waals surface area contributed by atoms with Crippen LogP contribution < -0.4 is 14.8 Å². The van der Waals surface area contributed by atoms with Crippen molar-refractivity contribution in [3.63, 3.8) is 0 Å². The Balaban J connectivity index is 2.29. The average molecular weight is 404 g/mol. The Morgan fingerprint density at radius 3 is 2.54 bits per heavy atom. The molecule has 6 nitrogen and oxygen atoms in total. The fourth-order valence-electron chi connectivity index (χ4n) is 2.38. The number of carbonyl (C=O) groups excluding carboxylic acids is 1. The van der Waals surface area contributed by atoms with Gasteiger partial charge in [-0.3, -0.25) is 4.79 Å². The first-order valence-electron chi connectivity index (χ1n) is 8.78.